The highest BCUT2D eigenvalue weighted by Crippen LogP contribution is 2.47. The summed E-state index contributed by atoms with van der Waals surface area (Å²) in [6.07, 6.45) is 13.9. The predicted molar refractivity (Wildman–Crippen MR) is 150 cm³/mol. The number of hydrogen-bond acceptors (Lipinski definition) is 0. The molecule has 2 aliphatic carbocycles. The number of allylic oxidation sites excluding steroid dienone is 8. The minimum Gasteiger partial charge on any atom is -0.0767 e. The number of rotatable bonds is 4. The Hall–Kier alpha value is -3.47. The Morgan fingerprint density at radius 3 is 2.18 bits per heavy atom. The third-order valence-corrected chi connectivity index (χ3v) is 9.22. The first-order valence-electron chi connectivity index (χ1n) is 11.9. The lowest BCUT2D eigenvalue weighted by Gasteiger charge is -2.33. The maximum Gasteiger partial charge on any atom is 0.0131 e. The molecule has 0 aliphatic heterocycles. The van der Waals surface area contributed by atoms with E-state index < -0.39 is 7.92 Å². The van der Waals surface area contributed by atoms with E-state index >= 15 is 0 Å². The average molecular weight is 455 g/mol. The van der Waals surface area contributed by atoms with Crippen molar-refractivity contribution in [2.45, 2.75) is 0 Å². The molecule has 4 aromatic carbocycles. The van der Waals surface area contributed by atoms with Crippen LogP contribution in [0.15, 0.2) is 134 Å². The van der Waals surface area contributed by atoms with E-state index in [-0.39, 0.29) is 0 Å². The molecule has 0 amide bonds. The highest BCUT2D eigenvalue weighted by molar-refractivity contribution is 7.72. The maximum absolute atomic E-state index is 2.41. The molecule has 3 unspecified atom stereocenters. The van der Waals surface area contributed by atoms with Crippen LogP contribution in [0.2, 0.25) is 0 Å². The standard InChI is InChI=1S/C33H27P/c1-34(27-16-6-3-7-17-27)31-23-21-26-15-9-11-19-29(26)33(31)32-28-18-10-8-14-25(28)20-22-30(32)24-12-4-2-5-13-24/h2-23,25,28H,1H3. The fraction of sp³-hybridized carbons (Fsp3) is 0.0909. The molecule has 0 spiro atoms. The van der Waals surface area contributed by atoms with Gasteiger partial charge in [0.1, 0.15) is 0 Å². The highest BCUT2D eigenvalue weighted by Gasteiger charge is 2.31. The lowest BCUT2D eigenvalue weighted by Crippen LogP contribution is -2.22. The van der Waals surface area contributed by atoms with Gasteiger partial charge in [0.2, 0.25) is 0 Å². The van der Waals surface area contributed by atoms with E-state index in [0.29, 0.717) is 11.8 Å². The summed E-state index contributed by atoms with van der Waals surface area (Å²) in [6, 6.07) is 35.5. The third kappa shape index (κ3) is 3.69. The fourth-order valence-corrected chi connectivity index (χ4v) is 7.13. The maximum atomic E-state index is 2.41. The molecule has 0 saturated carbocycles. The van der Waals surface area contributed by atoms with Gasteiger partial charge in [0.25, 0.3) is 0 Å². The van der Waals surface area contributed by atoms with Gasteiger partial charge >= 0.3 is 0 Å². The molecule has 0 heterocycles. The predicted octanol–water partition coefficient (Wildman–Crippen LogP) is 7.74. The van der Waals surface area contributed by atoms with E-state index in [9.17, 15) is 0 Å². The van der Waals surface area contributed by atoms with Crippen LogP contribution in [0.1, 0.15) is 11.1 Å². The van der Waals surface area contributed by atoms with Gasteiger partial charge in [-0.05, 0) is 58.2 Å². The summed E-state index contributed by atoms with van der Waals surface area (Å²) in [5.41, 5.74) is 5.51. The smallest absolute Gasteiger partial charge is 0.0131 e. The van der Waals surface area contributed by atoms with Gasteiger partial charge in [-0.25, -0.2) is 0 Å². The van der Waals surface area contributed by atoms with Crippen molar-refractivity contribution in [2.24, 2.45) is 11.8 Å². The molecule has 0 nitrogen and oxygen atoms in total. The summed E-state index contributed by atoms with van der Waals surface area (Å²) in [7, 11) is -0.502. The summed E-state index contributed by atoms with van der Waals surface area (Å²) >= 11 is 0. The fourth-order valence-electron chi connectivity index (χ4n) is 5.36. The van der Waals surface area contributed by atoms with Gasteiger partial charge < -0.3 is 0 Å². The second-order valence-corrected chi connectivity index (χ2v) is 11.1. The summed E-state index contributed by atoms with van der Waals surface area (Å²) in [5, 5.41) is 5.53. The van der Waals surface area contributed by atoms with Crippen LogP contribution in [0.4, 0.5) is 0 Å². The first-order valence-corrected chi connectivity index (χ1v) is 13.7. The minimum absolute atomic E-state index is 0.328. The van der Waals surface area contributed by atoms with Gasteiger partial charge in [-0.15, -0.1) is 0 Å². The SMILES string of the molecule is CP(c1ccccc1)c1ccc2ccccc2c1C1=C(c2ccccc2)C=CC2C=CC=CC12. The van der Waals surface area contributed by atoms with E-state index in [0.717, 1.165) is 0 Å². The van der Waals surface area contributed by atoms with Crippen molar-refractivity contribution in [3.8, 4) is 0 Å². The average Bonchev–Trinajstić information content (AvgIpc) is 2.92. The minimum atomic E-state index is -0.502. The lowest BCUT2D eigenvalue weighted by molar-refractivity contribution is 0.681. The van der Waals surface area contributed by atoms with Crippen LogP contribution in [0, 0.1) is 11.8 Å². The zero-order valence-electron chi connectivity index (χ0n) is 19.3. The normalized spacial score (nSPS) is 19.9. The van der Waals surface area contributed by atoms with E-state index in [1.165, 1.54) is 43.7 Å². The van der Waals surface area contributed by atoms with Gasteiger partial charge in [0.15, 0.2) is 0 Å². The van der Waals surface area contributed by atoms with Crippen molar-refractivity contribution in [1.82, 2.24) is 0 Å². The molecule has 0 radical (unpaired) electrons. The van der Waals surface area contributed by atoms with Crippen LogP contribution >= 0.6 is 7.92 Å². The molecule has 4 aromatic rings. The Morgan fingerprint density at radius 2 is 1.35 bits per heavy atom. The molecular formula is C33H27P. The van der Waals surface area contributed by atoms with Crippen molar-refractivity contribution in [1.29, 1.82) is 0 Å². The highest BCUT2D eigenvalue weighted by atomic mass is 31.1. The molecule has 2 aliphatic rings. The van der Waals surface area contributed by atoms with Crippen LogP contribution < -0.4 is 10.6 Å². The Balaban J connectivity index is 1.69. The van der Waals surface area contributed by atoms with Crippen LogP contribution in [-0.4, -0.2) is 6.66 Å². The quantitative estimate of drug-likeness (QED) is 0.277. The largest absolute Gasteiger partial charge is 0.0767 e. The van der Waals surface area contributed by atoms with Crippen molar-refractivity contribution < 1.29 is 0 Å². The van der Waals surface area contributed by atoms with Crippen LogP contribution in [0.3, 0.4) is 0 Å². The van der Waals surface area contributed by atoms with Crippen LogP contribution in [0.5, 0.6) is 0 Å². The molecule has 3 atom stereocenters. The molecule has 0 N–H and O–H groups in total. The van der Waals surface area contributed by atoms with Crippen molar-refractivity contribution >= 4 is 40.4 Å². The molecule has 34 heavy (non-hydrogen) atoms. The molecule has 6 rings (SSSR count). The first-order chi connectivity index (χ1) is 16.8. The van der Waals surface area contributed by atoms with Crippen molar-refractivity contribution in [2.75, 3.05) is 6.66 Å². The number of hydrogen-bond donors (Lipinski definition) is 0. The summed E-state index contributed by atoms with van der Waals surface area (Å²) in [6.45, 7) is 2.41. The van der Waals surface area contributed by atoms with Gasteiger partial charge in [0.05, 0.1) is 0 Å². The van der Waals surface area contributed by atoms with Crippen molar-refractivity contribution in [3.63, 3.8) is 0 Å². The number of fused-ring (bicyclic) bond motifs is 2. The number of benzene rings is 4. The van der Waals surface area contributed by atoms with E-state index in [2.05, 4.69) is 140 Å². The van der Waals surface area contributed by atoms with Gasteiger partial charge in [-0.2, -0.15) is 0 Å². The Labute approximate surface area is 203 Å². The zero-order valence-corrected chi connectivity index (χ0v) is 20.2. The van der Waals surface area contributed by atoms with Crippen LogP contribution in [0.25, 0.3) is 21.9 Å². The van der Waals surface area contributed by atoms with Gasteiger partial charge in [0, 0.05) is 11.8 Å². The Bertz CT molecular complexity index is 1450. The molecule has 164 valence electrons. The monoisotopic (exact) mass is 454 g/mol. The molecule has 0 bridgehead atoms. The molecule has 1 heteroatoms. The van der Waals surface area contributed by atoms with Gasteiger partial charge in [-0.1, -0.05) is 134 Å². The van der Waals surface area contributed by atoms with E-state index in [1.54, 1.807) is 0 Å². The van der Waals surface area contributed by atoms with Crippen molar-refractivity contribution in [3.05, 3.63) is 145 Å². The summed E-state index contributed by atoms with van der Waals surface area (Å²) in [4.78, 5) is 0. The topological polar surface area (TPSA) is 0 Å². The third-order valence-electron chi connectivity index (χ3n) is 7.05. The lowest BCUT2D eigenvalue weighted by atomic mass is 9.72. The molecule has 0 aromatic heterocycles. The first kappa shape index (κ1) is 21.1. The second-order valence-electron chi connectivity index (χ2n) is 9.00. The Kier molecular flexibility index (Phi) is 5.61. The second kappa shape index (κ2) is 9.05. The molecule has 0 fully saturated rings. The van der Waals surface area contributed by atoms with Crippen LogP contribution in [-0.2, 0) is 0 Å². The van der Waals surface area contributed by atoms with Gasteiger partial charge in [-0.3, -0.25) is 0 Å². The van der Waals surface area contributed by atoms with E-state index in [1.807, 2.05) is 0 Å². The summed E-state index contributed by atoms with van der Waals surface area (Å²) in [5.74, 6) is 0.716. The molecular weight excluding hydrogens is 427 g/mol. The zero-order chi connectivity index (χ0) is 22.9. The Morgan fingerprint density at radius 1 is 0.647 bits per heavy atom. The molecule has 0 saturated heterocycles. The van der Waals surface area contributed by atoms with E-state index in [4.69, 9.17) is 0 Å². The summed E-state index contributed by atoms with van der Waals surface area (Å²) < 4.78 is 0.